The molecule has 7 rings (SSSR count). The summed E-state index contributed by atoms with van der Waals surface area (Å²) in [6.45, 7) is 0.945. The average Bonchev–Trinajstić information content (AvgIpc) is 3.32. The molecule has 0 bridgehead atoms. The number of halogens is 1. The van der Waals surface area contributed by atoms with Gasteiger partial charge in [-0.05, 0) is 29.3 Å². The molecule has 0 saturated carbocycles. The third-order valence-electron chi connectivity index (χ3n) is 6.65. The Labute approximate surface area is 191 Å². The van der Waals surface area contributed by atoms with Crippen LogP contribution in [0.3, 0.4) is 0 Å². The first-order valence-corrected chi connectivity index (χ1v) is 11.1. The molecular formula is C24H17ClN4O4. The summed E-state index contributed by atoms with van der Waals surface area (Å²) in [6, 6.07) is 13.5. The highest BCUT2D eigenvalue weighted by Gasteiger charge is 2.40. The molecule has 1 aromatic carbocycles. The van der Waals surface area contributed by atoms with E-state index in [2.05, 4.69) is 4.98 Å². The molecular weight excluding hydrogens is 444 g/mol. The molecule has 2 unspecified atom stereocenters. The van der Waals surface area contributed by atoms with Crippen LogP contribution >= 0.6 is 11.6 Å². The van der Waals surface area contributed by atoms with Crippen LogP contribution in [-0.2, 0) is 19.6 Å². The molecule has 4 heterocycles. The van der Waals surface area contributed by atoms with Gasteiger partial charge in [0.05, 0.1) is 30.9 Å². The zero-order chi connectivity index (χ0) is 22.3. The number of aromatic nitrogens is 4. The molecule has 2 aliphatic rings. The van der Waals surface area contributed by atoms with E-state index < -0.39 is 11.2 Å². The lowest BCUT2D eigenvalue weighted by Gasteiger charge is -2.12. The smallest absolute Gasteiger partial charge is 0.332 e. The highest BCUT2D eigenvalue weighted by molar-refractivity contribution is 6.29. The predicted molar refractivity (Wildman–Crippen MR) is 120 cm³/mol. The number of benzene rings is 1. The number of fused-ring (bicyclic) bond motifs is 3. The van der Waals surface area contributed by atoms with E-state index in [-0.39, 0.29) is 23.7 Å². The number of imidazole rings is 1. The molecule has 9 heteroatoms. The van der Waals surface area contributed by atoms with Gasteiger partial charge in [0.1, 0.15) is 11.5 Å². The lowest BCUT2D eigenvalue weighted by molar-refractivity contribution is 0.484. The first kappa shape index (κ1) is 18.8. The summed E-state index contributed by atoms with van der Waals surface area (Å²) in [4.78, 5) is 31.6. The Morgan fingerprint density at radius 2 is 1.48 bits per heavy atom. The van der Waals surface area contributed by atoms with E-state index in [1.807, 2.05) is 42.5 Å². The zero-order valence-corrected chi connectivity index (χ0v) is 18.0. The summed E-state index contributed by atoms with van der Waals surface area (Å²) >= 11 is 6.51. The van der Waals surface area contributed by atoms with Crippen LogP contribution in [0.4, 0.5) is 0 Å². The van der Waals surface area contributed by atoms with E-state index in [1.165, 1.54) is 4.57 Å². The zero-order valence-electron chi connectivity index (χ0n) is 17.3. The molecule has 0 spiro atoms. The predicted octanol–water partition coefficient (Wildman–Crippen LogP) is 3.54. The van der Waals surface area contributed by atoms with Gasteiger partial charge in [-0.1, -0.05) is 30.3 Å². The van der Waals surface area contributed by atoms with Crippen molar-refractivity contribution in [3.63, 3.8) is 0 Å². The minimum absolute atomic E-state index is 0.00947. The quantitative estimate of drug-likeness (QED) is 0.362. The van der Waals surface area contributed by atoms with Gasteiger partial charge >= 0.3 is 5.69 Å². The summed E-state index contributed by atoms with van der Waals surface area (Å²) in [5, 5.41) is 0.169. The molecule has 0 radical (unpaired) electrons. The molecule has 164 valence electrons. The molecule has 4 aromatic heterocycles. The molecule has 2 atom stereocenters. The van der Waals surface area contributed by atoms with Crippen LogP contribution in [0.15, 0.2) is 73.4 Å². The number of rotatable bonds is 6. The van der Waals surface area contributed by atoms with Crippen LogP contribution in [-0.4, -0.2) is 18.7 Å². The second-order valence-corrected chi connectivity index (χ2v) is 8.86. The Balaban J connectivity index is 1.39. The first-order chi connectivity index (χ1) is 16.1. The summed E-state index contributed by atoms with van der Waals surface area (Å²) in [5.41, 5.74) is 2.89. The number of furan rings is 2. The molecule has 33 heavy (non-hydrogen) atoms. The summed E-state index contributed by atoms with van der Waals surface area (Å²) in [6.07, 6.45) is 3.26. The normalized spacial score (nSPS) is 17.8. The van der Waals surface area contributed by atoms with Crippen molar-refractivity contribution in [3.8, 4) is 0 Å². The van der Waals surface area contributed by atoms with Crippen molar-refractivity contribution in [2.75, 3.05) is 0 Å². The average molecular weight is 461 g/mol. The minimum atomic E-state index is -0.404. The molecule has 0 amide bonds. The van der Waals surface area contributed by atoms with Gasteiger partial charge in [-0.2, -0.15) is 4.98 Å². The highest BCUT2D eigenvalue weighted by Crippen LogP contribution is 2.46. The Bertz CT molecular complexity index is 1630. The van der Waals surface area contributed by atoms with Gasteiger partial charge in [0.25, 0.3) is 5.56 Å². The Hall–Kier alpha value is -3.78. The number of hydrogen-bond donors (Lipinski definition) is 0. The van der Waals surface area contributed by atoms with Crippen LogP contribution in [0.2, 0.25) is 5.28 Å². The van der Waals surface area contributed by atoms with Crippen molar-refractivity contribution in [1.29, 1.82) is 0 Å². The van der Waals surface area contributed by atoms with Crippen LogP contribution in [0.25, 0.3) is 11.2 Å². The first-order valence-electron chi connectivity index (χ1n) is 10.7. The van der Waals surface area contributed by atoms with Gasteiger partial charge in [-0.15, -0.1) is 0 Å². The lowest BCUT2D eigenvalue weighted by atomic mass is 10.2. The van der Waals surface area contributed by atoms with Gasteiger partial charge in [0.15, 0.2) is 11.2 Å². The van der Waals surface area contributed by atoms with Gasteiger partial charge in [-0.25, -0.2) is 4.79 Å². The summed E-state index contributed by atoms with van der Waals surface area (Å²) in [7, 11) is 0. The van der Waals surface area contributed by atoms with Crippen LogP contribution < -0.4 is 11.2 Å². The molecule has 0 aliphatic heterocycles. The minimum Gasteiger partial charge on any atom is -0.468 e. The van der Waals surface area contributed by atoms with Crippen molar-refractivity contribution in [1.82, 2.24) is 18.7 Å². The van der Waals surface area contributed by atoms with Crippen molar-refractivity contribution in [3.05, 3.63) is 109 Å². The van der Waals surface area contributed by atoms with E-state index >= 15 is 0 Å². The third kappa shape index (κ3) is 2.74. The van der Waals surface area contributed by atoms with E-state index in [0.29, 0.717) is 24.3 Å². The Morgan fingerprint density at radius 3 is 2.09 bits per heavy atom. The molecule has 0 N–H and O–H groups in total. The van der Waals surface area contributed by atoms with Crippen molar-refractivity contribution < 1.29 is 8.83 Å². The van der Waals surface area contributed by atoms with E-state index in [1.54, 1.807) is 21.7 Å². The second-order valence-electron chi connectivity index (χ2n) is 8.52. The second kappa shape index (κ2) is 6.62. The van der Waals surface area contributed by atoms with Crippen molar-refractivity contribution in [2.45, 2.75) is 31.5 Å². The SMILES string of the molecule is O=c1c2c(nc(Cl)n2Cc2ccccc2)n(CC2c3ccoc32)c(=O)n1CC1c2ccoc21. The monoisotopic (exact) mass is 460 g/mol. The molecule has 8 nitrogen and oxygen atoms in total. The fourth-order valence-electron chi connectivity index (χ4n) is 4.81. The largest absolute Gasteiger partial charge is 0.468 e. The highest BCUT2D eigenvalue weighted by atomic mass is 35.5. The van der Waals surface area contributed by atoms with Crippen LogP contribution in [0, 0.1) is 0 Å². The maximum atomic E-state index is 13.6. The molecule has 2 aliphatic carbocycles. The number of hydrogen-bond acceptors (Lipinski definition) is 5. The van der Waals surface area contributed by atoms with Crippen LogP contribution in [0.5, 0.6) is 0 Å². The van der Waals surface area contributed by atoms with Gasteiger partial charge in [0.2, 0.25) is 5.28 Å². The van der Waals surface area contributed by atoms with Gasteiger partial charge in [-0.3, -0.25) is 13.9 Å². The van der Waals surface area contributed by atoms with Crippen LogP contribution in [0.1, 0.15) is 40.0 Å². The molecule has 0 saturated heterocycles. The Kier molecular flexibility index (Phi) is 3.76. The van der Waals surface area contributed by atoms with Crippen molar-refractivity contribution in [2.24, 2.45) is 0 Å². The summed E-state index contributed by atoms with van der Waals surface area (Å²) < 4.78 is 15.4. The topological polar surface area (TPSA) is 88.1 Å². The number of nitrogens with zero attached hydrogens (tertiary/aromatic N) is 4. The fraction of sp³-hybridized carbons (Fsp3) is 0.208. The summed E-state index contributed by atoms with van der Waals surface area (Å²) in [5.74, 6) is 1.65. The maximum Gasteiger partial charge on any atom is 0.332 e. The lowest BCUT2D eigenvalue weighted by Crippen LogP contribution is -2.41. The fourth-order valence-corrected chi connectivity index (χ4v) is 5.04. The van der Waals surface area contributed by atoms with E-state index in [9.17, 15) is 9.59 Å². The standard InChI is InChI=1S/C24H17ClN4O4/c25-23-26-21-18(27(23)10-13-4-2-1-3-5-13)22(30)29(12-17-15-7-9-33-20(15)17)24(31)28(21)11-16-14-6-8-32-19(14)16/h1-9,16-17H,10-12H2. The molecule has 5 aromatic rings. The van der Waals surface area contributed by atoms with E-state index in [4.69, 9.17) is 20.4 Å². The van der Waals surface area contributed by atoms with Crippen molar-refractivity contribution >= 4 is 22.8 Å². The van der Waals surface area contributed by atoms with Gasteiger partial charge < -0.3 is 13.4 Å². The maximum absolute atomic E-state index is 13.6. The Morgan fingerprint density at radius 1 is 0.848 bits per heavy atom. The third-order valence-corrected chi connectivity index (χ3v) is 6.94. The van der Waals surface area contributed by atoms with Gasteiger partial charge in [0, 0.05) is 24.2 Å². The van der Waals surface area contributed by atoms with E-state index in [0.717, 1.165) is 28.2 Å². The molecule has 0 fully saturated rings.